The Labute approximate surface area is 107 Å². The van der Waals surface area contributed by atoms with E-state index >= 15 is 0 Å². The van der Waals surface area contributed by atoms with Gasteiger partial charge < -0.3 is 0 Å². The summed E-state index contributed by atoms with van der Waals surface area (Å²) in [6, 6.07) is 1.37. The van der Waals surface area contributed by atoms with Crippen LogP contribution in [0.25, 0.3) is 0 Å². The summed E-state index contributed by atoms with van der Waals surface area (Å²) in [7, 11) is 1.71. The quantitative estimate of drug-likeness (QED) is 0.850. The highest BCUT2D eigenvalue weighted by Gasteiger charge is 2.14. The molecule has 0 spiro atoms. The summed E-state index contributed by atoms with van der Waals surface area (Å²) < 4.78 is 39.6. The summed E-state index contributed by atoms with van der Waals surface area (Å²) in [5.41, 5.74) is 3.34. The van der Waals surface area contributed by atoms with E-state index in [0.717, 1.165) is 5.69 Å². The van der Waals surface area contributed by atoms with Crippen molar-refractivity contribution in [3.8, 4) is 0 Å². The third-order valence-electron chi connectivity index (χ3n) is 2.40. The average molecular weight is 271 g/mol. The topological polar surface area (TPSA) is 16.1 Å². The predicted molar refractivity (Wildman–Crippen MR) is 62.4 cm³/mol. The van der Waals surface area contributed by atoms with Crippen LogP contribution in [0, 0.1) is 23.0 Å². The molecule has 95 valence electrons. The maximum absolute atomic E-state index is 13.4. The first-order valence-electron chi connectivity index (χ1n) is 5.18. The van der Waals surface area contributed by atoms with Gasteiger partial charge in [0.05, 0.1) is 5.69 Å². The first-order chi connectivity index (χ1) is 8.56. The van der Waals surface area contributed by atoms with E-state index in [1.807, 2.05) is 5.38 Å². The third kappa shape index (κ3) is 3.08. The number of thiazole rings is 1. The molecule has 2 aromatic rings. The van der Waals surface area contributed by atoms with E-state index in [4.69, 9.17) is 0 Å². The minimum atomic E-state index is -0.912. The van der Waals surface area contributed by atoms with E-state index < -0.39 is 17.5 Å². The summed E-state index contributed by atoms with van der Waals surface area (Å²) in [6.45, 7) is 0.506. The van der Waals surface area contributed by atoms with Gasteiger partial charge in [0, 0.05) is 36.2 Å². The molecular weight excluding hydrogens is 261 g/mol. The minimum absolute atomic E-state index is 0.0511. The van der Waals surface area contributed by atoms with Gasteiger partial charge >= 0.3 is 0 Å². The van der Waals surface area contributed by atoms with Gasteiger partial charge in [0.1, 0.15) is 17.5 Å². The van der Waals surface area contributed by atoms with Crippen molar-refractivity contribution < 1.29 is 13.2 Å². The van der Waals surface area contributed by atoms with Gasteiger partial charge in [-0.1, -0.05) is 0 Å². The Hall–Kier alpha value is -1.40. The number of nitrogens with zero attached hydrogens (tertiary/aromatic N) is 2. The summed E-state index contributed by atoms with van der Waals surface area (Å²) in [4.78, 5) is 5.66. The van der Waals surface area contributed by atoms with Crippen LogP contribution in [0.2, 0.25) is 0 Å². The maximum Gasteiger partial charge on any atom is 0.152 e. The van der Waals surface area contributed by atoms with Crippen LogP contribution in [0.3, 0.4) is 0 Å². The standard InChI is InChI=1S/C12H10F3N2S/c1-17(4-9-6-18-7-16-9)5-10-11(14)2-8(13)3-12(10)15/h2-3,6H,4-5H2,1H3. The Morgan fingerprint density at radius 1 is 1.22 bits per heavy atom. The molecule has 1 heterocycles. The van der Waals surface area contributed by atoms with Gasteiger partial charge in [-0.3, -0.25) is 4.90 Å². The van der Waals surface area contributed by atoms with Crippen LogP contribution in [0.1, 0.15) is 11.3 Å². The van der Waals surface area contributed by atoms with Gasteiger partial charge in [-0.2, -0.15) is 0 Å². The minimum Gasteiger partial charge on any atom is -0.296 e. The summed E-state index contributed by atoms with van der Waals surface area (Å²) in [5.74, 6) is -2.65. The molecule has 0 aliphatic rings. The molecule has 0 saturated heterocycles. The zero-order chi connectivity index (χ0) is 13.1. The van der Waals surface area contributed by atoms with Crippen molar-refractivity contribution in [1.29, 1.82) is 0 Å². The van der Waals surface area contributed by atoms with E-state index in [-0.39, 0.29) is 12.1 Å². The van der Waals surface area contributed by atoms with Crippen molar-refractivity contribution in [2.24, 2.45) is 0 Å². The predicted octanol–water partition coefficient (Wildman–Crippen LogP) is 2.99. The first-order valence-corrected chi connectivity index (χ1v) is 6.06. The molecule has 0 atom stereocenters. The Balaban J connectivity index is 2.09. The molecule has 1 aromatic heterocycles. The number of rotatable bonds is 4. The van der Waals surface area contributed by atoms with Crippen LogP contribution < -0.4 is 0 Å². The highest BCUT2D eigenvalue weighted by atomic mass is 32.1. The summed E-state index contributed by atoms with van der Waals surface area (Å²) in [5, 5.41) is 1.81. The second kappa shape index (κ2) is 5.49. The monoisotopic (exact) mass is 271 g/mol. The van der Waals surface area contributed by atoms with Crippen molar-refractivity contribution in [2.75, 3.05) is 7.05 Å². The Morgan fingerprint density at radius 3 is 2.44 bits per heavy atom. The molecule has 0 unspecified atom stereocenters. The molecule has 18 heavy (non-hydrogen) atoms. The molecule has 0 fully saturated rings. The molecule has 0 saturated carbocycles. The van der Waals surface area contributed by atoms with E-state index in [2.05, 4.69) is 10.5 Å². The molecule has 1 radical (unpaired) electrons. The molecule has 0 amide bonds. The van der Waals surface area contributed by atoms with Gasteiger partial charge in [0.15, 0.2) is 5.51 Å². The lowest BCUT2D eigenvalue weighted by molar-refractivity contribution is 0.303. The fourth-order valence-corrected chi connectivity index (χ4v) is 2.09. The number of benzene rings is 1. The van der Waals surface area contributed by atoms with Crippen molar-refractivity contribution in [3.63, 3.8) is 0 Å². The van der Waals surface area contributed by atoms with E-state index in [0.29, 0.717) is 18.7 Å². The van der Waals surface area contributed by atoms with E-state index in [1.165, 1.54) is 11.3 Å². The van der Waals surface area contributed by atoms with Gasteiger partial charge in [-0.15, -0.1) is 11.3 Å². The highest BCUT2D eigenvalue weighted by molar-refractivity contribution is 7.07. The van der Waals surface area contributed by atoms with Gasteiger partial charge in [0.25, 0.3) is 0 Å². The molecule has 2 rings (SSSR count). The lowest BCUT2D eigenvalue weighted by atomic mass is 10.2. The number of hydrogen-bond acceptors (Lipinski definition) is 3. The Bertz CT molecular complexity index is 505. The highest BCUT2D eigenvalue weighted by Crippen LogP contribution is 2.17. The van der Waals surface area contributed by atoms with E-state index in [1.54, 1.807) is 11.9 Å². The molecule has 0 bridgehead atoms. The number of aromatic nitrogens is 1. The van der Waals surface area contributed by atoms with Crippen LogP contribution in [0.15, 0.2) is 17.5 Å². The number of hydrogen-bond donors (Lipinski definition) is 0. The van der Waals surface area contributed by atoms with Crippen molar-refractivity contribution in [1.82, 2.24) is 9.88 Å². The van der Waals surface area contributed by atoms with Crippen LogP contribution >= 0.6 is 11.3 Å². The molecule has 1 aromatic carbocycles. The van der Waals surface area contributed by atoms with Crippen LogP contribution in [0.4, 0.5) is 13.2 Å². The number of halogens is 3. The maximum atomic E-state index is 13.4. The molecule has 0 N–H and O–H groups in total. The van der Waals surface area contributed by atoms with Gasteiger partial charge in [-0.25, -0.2) is 18.2 Å². The largest absolute Gasteiger partial charge is 0.296 e. The Morgan fingerprint density at radius 2 is 1.89 bits per heavy atom. The second-order valence-corrected chi connectivity index (χ2v) is 4.60. The smallest absolute Gasteiger partial charge is 0.152 e. The van der Waals surface area contributed by atoms with Crippen molar-refractivity contribution in [3.05, 3.63) is 51.7 Å². The van der Waals surface area contributed by atoms with Gasteiger partial charge in [-0.05, 0) is 7.05 Å². The van der Waals surface area contributed by atoms with Crippen LogP contribution in [0.5, 0.6) is 0 Å². The third-order valence-corrected chi connectivity index (χ3v) is 2.99. The zero-order valence-corrected chi connectivity index (χ0v) is 10.4. The zero-order valence-electron chi connectivity index (χ0n) is 9.58. The summed E-state index contributed by atoms with van der Waals surface area (Å²) in [6.07, 6.45) is 0. The van der Waals surface area contributed by atoms with E-state index in [9.17, 15) is 13.2 Å². The lowest BCUT2D eigenvalue weighted by Crippen LogP contribution is -2.19. The Kier molecular flexibility index (Phi) is 3.98. The fraction of sp³-hybridized carbons (Fsp3) is 0.250. The summed E-state index contributed by atoms with van der Waals surface area (Å²) >= 11 is 1.34. The van der Waals surface area contributed by atoms with Crippen molar-refractivity contribution >= 4 is 11.3 Å². The van der Waals surface area contributed by atoms with Crippen LogP contribution in [-0.2, 0) is 13.1 Å². The molecular formula is C12H10F3N2S. The molecule has 0 aliphatic heterocycles. The van der Waals surface area contributed by atoms with Crippen LogP contribution in [-0.4, -0.2) is 16.9 Å². The molecule has 0 aliphatic carbocycles. The molecule has 6 heteroatoms. The second-order valence-electron chi connectivity index (χ2n) is 3.95. The fourth-order valence-electron chi connectivity index (χ4n) is 1.60. The molecule has 2 nitrogen and oxygen atoms in total. The normalized spacial score (nSPS) is 11.2. The SMILES string of the molecule is CN(Cc1cs[c]n1)Cc1c(F)cc(F)cc1F. The first kappa shape index (κ1) is 13.0. The lowest BCUT2D eigenvalue weighted by Gasteiger charge is -2.16. The van der Waals surface area contributed by atoms with Gasteiger partial charge in [0.2, 0.25) is 0 Å². The average Bonchev–Trinajstić information content (AvgIpc) is 2.76. The van der Waals surface area contributed by atoms with Crippen molar-refractivity contribution in [2.45, 2.75) is 13.1 Å².